The molecule has 0 saturated heterocycles. The Bertz CT molecular complexity index is 921. The van der Waals surface area contributed by atoms with Crippen LogP contribution in [-0.4, -0.2) is 19.7 Å². The van der Waals surface area contributed by atoms with Gasteiger partial charge in [0, 0.05) is 6.54 Å². The normalized spacial score (nSPS) is 11.4. The number of hydrogen-bond acceptors (Lipinski definition) is 2. The number of ether oxygens (including phenoxy) is 1. The predicted molar refractivity (Wildman–Crippen MR) is 128 cm³/mol. The van der Waals surface area contributed by atoms with Gasteiger partial charge < -0.3 is 10.1 Å². The summed E-state index contributed by atoms with van der Waals surface area (Å²) < 4.78 is 6.78. The Labute approximate surface area is 185 Å². The van der Waals surface area contributed by atoms with E-state index in [4.69, 9.17) is 4.74 Å². The number of hydrogen-bond donors (Lipinski definition) is 1. The first-order chi connectivity index (χ1) is 15.4. The second kappa shape index (κ2) is 10.7. The standard InChI is InChI=1S/C29H29NO/c1-5-13-25(14-6-1)21-22-30-23-24-31-29(26-15-7-2-8-16-26,27-17-9-3-10-18-27)28-19-11-4-12-20-28/h1-20,30H,21-24H2. The minimum absolute atomic E-state index is 0.605. The Hall–Kier alpha value is -3.20. The fourth-order valence-corrected chi connectivity index (χ4v) is 4.05. The van der Waals surface area contributed by atoms with E-state index in [-0.39, 0.29) is 0 Å². The van der Waals surface area contributed by atoms with Crippen molar-refractivity contribution in [2.45, 2.75) is 12.0 Å². The molecular weight excluding hydrogens is 378 g/mol. The lowest BCUT2D eigenvalue weighted by Gasteiger charge is -2.36. The van der Waals surface area contributed by atoms with E-state index in [0.29, 0.717) is 6.61 Å². The smallest absolute Gasteiger partial charge is 0.143 e. The lowest BCUT2D eigenvalue weighted by molar-refractivity contribution is 0.0150. The number of rotatable bonds is 10. The van der Waals surface area contributed by atoms with E-state index in [2.05, 4.69) is 127 Å². The first kappa shape index (κ1) is 21.0. The summed E-state index contributed by atoms with van der Waals surface area (Å²) in [6.45, 7) is 2.33. The van der Waals surface area contributed by atoms with Gasteiger partial charge >= 0.3 is 0 Å². The molecule has 0 unspecified atom stereocenters. The van der Waals surface area contributed by atoms with Gasteiger partial charge in [-0.3, -0.25) is 0 Å². The third kappa shape index (κ3) is 5.11. The molecule has 156 valence electrons. The van der Waals surface area contributed by atoms with Crippen LogP contribution in [0.3, 0.4) is 0 Å². The van der Waals surface area contributed by atoms with Crippen molar-refractivity contribution in [1.82, 2.24) is 5.32 Å². The van der Waals surface area contributed by atoms with Crippen molar-refractivity contribution in [3.05, 3.63) is 144 Å². The van der Waals surface area contributed by atoms with Gasteiger partial charge in [0.1, 0.15) is 5.60 Å². The van der Waals surface area contributed by atoms with E-state index in [0.717, 1.165) is 36.2 Å². The maximum atomic E-state index is 6.78. The average molecular weight is 408 g/mol. The highest BCUT2D eigenvalue weighted by molar-refractivity contribution is 5.47. The summed E-state index contributed by atoms with van der Waals surface area (Å²) in [6, 6.07) is 42.1. The van der Waals surface area contributed by atoms with Crippen LogP contribution in [0.1, 0.15) is 22.3 Å². The number of benzene rings is 4. The van der Waals surface area contributed by atoms with Gasteiger partial charge in [0.25, 0.3) is 0 Å². The minimum atomic E-state index is -0.648. The summed E-state index contributed by atoms with van der Waals surface area (Å²) in [5, 5.41) is 3.54. The molecular formula is C29H29NO. The van der Waals surface area contributed by atoms with E-state index in [1.165, 1.54) is 5.56 Å². The van der Waals surface area contributed by atoms with Gasteiger partial charge in [0.05, 0.1) is 6.61 Å². The third-order valence-corrected chi connectivity index (χ3v) is 5.57. The molecule has 31 heavy (non-hydrogen) atoms. The minimum Gasteiger partial charge on any atom is -0.360 e. The summed E-state index contributed by atoms with van der Waals surface area (Å²) in [7, 11) is 0. The van der Waals surface area contributed by atoms with E-state index in [9.17, 15) is 0 Å². The Kier molecular flexibility index (Phi) is 7.28. The van der Waals surface area contributed by atoms with Crippen LogP contribution in [0, 0.1) is 0 Å². The number of nitrogens with one attached hydrogen (secondary N) is 1. The largest absolute Gasteiger partial charge is 0.360 e. The molecule has 0 atom stereocenters. The fourth-order valence-electron chi connectivity index (χ4n) is 4.05. The van der Waals surface area contributed by atoms with Crippen LogP contribution in [0.4, 0.5) is 0 Å². The molecule has 0 aliphatic rings. The van der Waals surface area contributed by atoms with Crippen molar-refractivity contribution in [3.8, 4) is 0 Å². The fraction of sp³-hybridized carbons (Fsp3) is 0.172. The van der Waals surface area contributed by atoms with E-state index in [1.54, 1.807) is 0 Å². The predicted octanol–water partition coefficient (Wildman–Crippen LogP) is 5.83. The maximum absolute atomic E-state index is 6.78. The zero-order chi connectivity index (χ0) is 21.2. The monoisotopic (exact) mass is 407 g/mol. The lowest BCUT2D eigenvalue weighted by Crippen LogP contribution is -2.35. The molecule has 0 heterocycles. The second-order valence-corrected chi connectivity index (χ2v) is 7.61. The van der Waals surface area contributed by atoms with Crippen LogP contribution >= 0.6 is 0 Å². The van der Waals surface area contributed by atoms with Crippen LogP contribution in [-0.2, 0) is 16.8 Å². The van der Waals surface area contributed by atoms with Crippen molar-refractivity contribution in [3.63, 3.8) is 0 Å². The Morgan fingerprint density at radius 3 is 1.39 bits per heavy atom. The van der Waals surface area contributed by atoms with Crippen LogP contribution < -0.4 is 5.32 Å². The van der Waals surface area contributed by atoms with Gasteiger partial charge in [-0.1, -0.05) is 121 Å². The maximum Gasteiger partial charge on any atom is 0.143 e. The van der Waals surface area contributed by atoms with Gasteiger partial charge in [-0.05, 0) is 35.2 Å². The topological polar surface area (TPSA) is 21.3 Å². The molecule has 2 heteroatoms. The van der Waals surface area contributed by atoms with Gasteiger partial charge in [-0.25, -0.2) is 0 Å². The third-order valence-electron chi connectivity index (χ3n) is 5.57. The molecule has 2 nitrogen and oxygen atoms in total. The Balaban J connectivity index is 1.54. The van der Waals surface area contributed by atoms with Gasteiger partial charge in [-0.2, -0.15) is 0 Å². The van der Waals surface area contributed by atoms with Crippen LogP contribution in [0.25, 0.3) is 0 Å². The van der Waals surface area contributed by atoms with Crippen molar-refractivity contribution in [1.29, 1.82) is 0 Å². The van der Waals surface area contributed by atoms with E-state index >= 15 is 0 Å². The summed E-state index contributed by atoms with van der Waals surface area (Å²) >= 11 is 0. The molecule has 1 N–H and O–H groups in total. The van der Waals surface area contributed by atoms with Crippen molar-refractivity contribution in [2.24, 2.45) is 0 Å². The quantitative estimate of drug-likeness (QED) is 0.264. The second-order valence-electron chi connectivity index (χ2n) is 7.61. The molecule has 0 spiro atoms. The average Bonchev–Trinajstić information content (AvgIpc) is 2.86. The Morgan fingerprint density at radius 1 is 0.516 bits per heavy atom. The summed E-state index contributed by atoms with van der Waals surface area (Å²) in [5.74, 6) is 0. The highest BCUT2D eigenvalue weighted by Crippen LogP contribution is 2.40. The molecule has 0 amide bonds. The molecule has 4 aromatic carbocycles. The molecule has 4 rings (SSSR count). The Morgan fingerprint density at radius 2 is 0.935 bits per heavy atom. The lowest BCUT2D eigenvalue weighted by atomic mass is 9.80. The first-order valence-electron chi connectivity index (χ1n) is 10.9. The summed E-state index contributed by atoms with van der Waals surface area (Å²) in [5.41, 5.74) is 4.11. The molecule has 0 bridgehead atoms. The van der Waals surface area contributed by atoms with Gasteiger partial charge in [-0.15, -0.1) is 0 Å². The molecule has 0 aliphatic heterocycles. The summed E-state index contributed by atoms with van der Waals surface area (Å²) in [4.78, 5) is 0. The molecule has 0 aromatic heterocycles. The van der Waals surface area contributed by atoms with Gasteiger partial charge in [0.15, 0.2) is 0 Å². The summed E-state index contributed by atoms with van der Waals surface area (Å²) in [6.07, 6.45) is 1.02. The molecule has 0 saturated carbocycles. The van der Waals surface area contributed by atoms with Gasteiger partial charge in [0.2, 0.25) is 0 Å². The molecule has 0 radical (unpaired) electrons. The molecule has 4 aromatic rings. The highest BCUT2D eigenvalue weighted by atomic mass is 16.5. The highest BCUT2D eigenvalue weighted by Gasteiger charge is 2.37. The zero-order valence-corrected chi connectivity index (χ0v) is 17.8. The van der Waals surface area contributed by atoms with Crippen LogP contribution in [0.15, 0.2) is 121 Å². The van der Waals surface area contributed by atoms with E-state index < -0.39 is 5.60 Å². The van der Waals surface area contributed by atoms with Crippen LogP contribution in [0.2, 0.25) is 0 Å². The zero-order valence-electron chi connectivity index (χ0n) is 17.8. The molecule has 0 fully saturated rings. The first-order valence-corrected chi connectivity index (χ1v) is 10.9. The van der Waals surface area contributed by atoms with Crippen molar-refractivity contribution in [2.75, 3.05) is 19.7 Å². The molecule has 0 aliphatic carbocycles. The van der Waals surface area contributed by atoms with E-state index in [1.807, 2.05) is 0 Å². The van der Waals surface area contributed by atoms with Crippen LogP contribution in [0.5, 0.6) is 0 Å². The van der Waals surface area contributed by atoms with Crippen molar-refractivity contribution < 1.29 is 4.74 Å². The van der Waals surface area contributed by atoms with Crippen molar-refractivity contribution >= 4 is 0 Å². The SMILES string of the molecule is c1ccc(CCNCCOC(c2ccccc2)(c2ccccc2)c2ccccc2)cc1.